The molecule has 0 amide bonds. The van der Waals surface area contributed by atoms with Gasteiger partial charge in [-0.05, 0) is 64.2 Å². The zero-order valence-corrected chi connectivity index (χ0v) is 61.7. The topological polar surface area (TPSA) is 237 Å². The van der Waals surface area contributed by atoms with E-state index in [4.69, 9.17) is 37.0 Å². The molecule has 17 nitrogen and oxygen atoms in total. The van der Waals surface area contributed by atoms with Gasteiger partial charge in [-0.15, -0.1) is 0 Å². The number of rotatable bonds is 72. The number of hydrogen-bond acceptors (Lipinski definition) is 15. The molecular weight excluding hydrogens is 1230 g/mol. The fraction of sp³-hybridized carbons (Fsp3) is 0.840. The first kappa shape index (κ1) is 91.0. The molecule has 0 rings (SSSR count). The number of carbonyl (C=O) groups excluding carboxylic acids is 4. The highest BCUT2D eigenvalue weighted by Gasteiger charge is 2.30. The molecule has 0 bridgehead atoms. The van der Waals surface area contributed by atoms with Crippen molar-refractivity contribution >= 4 is 39.5 Å². The molecule has 0 aliphatic heterocycles. The number of aliphatic hydroxyl groups excluding tert-OH is 1. The van der Waals surface area contributed by atoms with Crippen LogP contribution in [0.25, 0.3) is 0 Å². The van der Waals surface area contributed by atoms with Gasteiger partial charge in [0.1, 0.15) is 19.3 Å². The van der Waals surface area contributed by atoms with Crippen LogP contribution in [0.1, 0.15) is 349 Å². The predicted octanol–water partition coefficient (Wildman–Crippen LogP) is 21.3. The maximum atomic E-state index is 13.1. The number of esters is 4. The lowest BCUT2D eigenvalue weighted by molar-refractivity contribution is -0.161. The summed E-state index contributed by atoms with van der Waals surface area (Å²) in [5, 5.41) is 10.6. The number of ether oxygens (including phenoxy) is 4. The molecule has 0 aromatic carbocycles. The Morgan fingerprint density at radius 3 is 0.851 bits per heavy atom. The van der Waals surface area contributed by atoms with Crippen LogP contribution in [0.4, 0.5) is 0 Å². The summed E-state index contributed by atoms with van der Waals surface area (Å²) < 4.78 is 68.4. The third-order valence-electron chi connectivity index (χ3n) is 16.3. The zero-order chi connectivity index (χ0) is 69.0. The standard InChI is InChI=1S/C75H138O17P2/c1-5-9-13-17-21-25-29-32-34-37-40-43-47-51-55-59-72(77)85-65-70(91-74(79)61-57-53-49-45-39-28-24-20-16-12-8-4)67-89-93(81,82)87-63-69(76)64-88-94(83,84)90-68-71(92-75(80)62-58-54-50-46-42-36-31-27-23-19-15-11-7-3)66-86-73(78)60-56-52-48-44-41-38-35-33-30-26-22-18-14-10-6-2/h9,13,21,25,32,34,40,43,69-71,76H,5-8,10-12,14-20,22-24,26-31,33,35-39,41-42,44-68H2,1-4H3,(H,81,82)(H,83,84)/b13-9-,25-21-,34-32-,43-40-. The Bertz CT molecular complexity index is 1980. The summed E-state index contributed by atoms with van der Waals surface area (Å²) >= 11 is 0. The van der Waals surface area contributed by atoms with Crippen LogP contribution in [-0.2, 0) is 65.4 Å². The van der Waals surface area contributed by atoms with Gasteiger partial charge in [0.15, 0.2) is 12.2 Å². The van der Waals surface area contributed by atoms with Crippen molar-refractivity contribution in [2.75, 3.05) is 39.6 Å². The third-order valence-corrected chi connectivity index (χ3v) is 18.2. The number of phosphoric ester groups is 2. The summed E-state index contributed by atoms with van der Waals surface area (Å²) in [7, 11) is -9.93. The average Bonchev–Trinajstić information content (AvgIpc) is 1.35. The van der Waals surface area contributed by atoms with Gasteiger partial charge in [0.25, 0.3) is 0 Å². The van der Waals surface area contributed by atoms with E-state index in [0.717, 1.165) is 109 Å². The Labute approximate surface area is 572 Å². The van der Waals surface area contributed by atoms with Gasteiger partial charge in [0, 0.05) is 25.7 Å². The Morgan fingerprint density at radius 2 is 0.553 bits per heavy atom. The summed E-state index contributed by atoms with van der Waals surface area (Å²) in [6.45, 7) is 4.77. The summed E-state index contributed by atoms with van der Waals surface area (Å²) in [4.78, 5) is 72.7. The van der Waals surface area contributed by atoms with Crippen LogP contribution in [0.5, 0.6) is 0 Å². The van der Waals surface area contributed by atoms with Crippen LogP contribution in [0.15, 0.2) is 48.6 Å². The number of phosphoric acid groups is 2. The molecule has 0 aromatic heterocycles. The molecule has 0 aliphatic carbocycles. The van der Waals surface area contributed by atoms with E-state index in [2.05, 4.69) is 76.3 Å². The monoisotopic (exact) mass is 1370 g/mol. The first-order chi connectivity index (χ1) is 45.7. The number of allylic oxidation sites excluding steroid dienone is 8. The van der Waals surface area contributed by atoms with Crippen molar-refractivity contribution in [3.05, 3.63) is 48.6 Å². The first-order valence-electron chi connectivity index (χ1n) is 37.9. The van der Waals surface area contributed by atoms with E-state index in [0.29, 0.717) is 25.7 Å². The fourth-order valence-corrected chi connectivity index (χ4v) is 12.1. The van der Waals surface area contributed by atoms with Crippen LogP contribution >= 0.6 is 15.6 Å². The van der Waals surface area contributed by atoms with Crippen molar-refractivity contribution in [1.29, 1.82) is 0 Å². The number of aliphatic hydroxyl groups is 1. The van der Waals surface area contributed by atoms with Crippen LogP contribution in [0, 0.1) is 0 Å². The van der Waals surface area contributed by atoms with E-state index in [1.807, 2.05) is 0 Å². The largest absolute Gasteiger partial charge is 0.472 e. The van der Waals surface area contributed by atoms with Crippen LogP contribution in [-0.4, -0.2) is 96.7 Å². The van der Waals surface area contributed by atoms with Crippen molar-refractivity contribution < 1.29 is 80.2 Å². The molecule has 0 saturated carbocycles. The average molecular weight is 1370 g/mol. The molecule has 0 saturated heterocycles. The van der Waals surface area contributed by atoms with E-state index in [-0.39, 0.29) is 25.7 Å². The van der Waals surface area contributed by atoms with Gasteiger partial charge < -0.3 is 33.8 Å². The minimum Gasteiger partial charge on any atom is -0.462 e. The second-order valence-electron chi connectivity index (χ2n) is 25.6. The lowest BCUT2D eigenvalue weighted by atomic mass is 10.0. The predicted molar refractivity (Wildman–Crippen MR) is 381 cm³/mol. The minimum atomic E-state index is -4.97. The molecule has 0 radical (unpaired) electrons. The number of unbranched alkanes of at least 4 members (excludes halogenated alkanes) is 38. The van der Waals surface area contributed by atoms with E-state index in [1.165, 1.54) is 161 Å². The van der Waals surface area contributed by atoms with Crippen molar-refractivity contribution in [3.8, 4) is 0 Å². The molecule has 3 N–H and O–H groups in total. The maximum absolute atomic E-state index is 13.1. The molecule has 0 aromatic rings. The van der Waals surface area contributed by atoms with Crippen molar-refractivity contribution in [3.63, 3.8) is 0 Å². The normalized spacial score (nSPS) is 14.2. The quantitative estimate of drug-likeness (QED) is 0.0169. The van der Waals surface area contributed by atoms with Gasteiger partial charge in [0.2, 0.25) is 0 Å². The Hall–Kier alpha value is -2.98. The fourth-order valence-electron chi connectivity index (χ4n) is 10.6. The SMILES string of the molecule is CC/C=C\C/C=C\C/C=C\C/C=C\CCCCC(=O)OCC(COP(=O)(O)OCC(O)COP(=O)(O)OCC(COC(=O)CCCCCCCCCCCCCCCCC)OC(=O)CCCCCCCCCCCCCCC)OC(=O)CCCCCCCCCCCCC. The van der Waals surface area contributed by atoms with Crippen molar-refractivity contribution in [2.24, 2.45) is 0 Å². The number of hydrogen-bond donors (Lipinski definition) is 3. The van der Waals surface area contributed by atoms with E-state index >= 15 is 0 Å². The van der Waals surface area contributed by atoms with Gasteiger partial charge in [-0.2, -0.15) is 0 Å². The second kappa shape index (κ2) is 68.5. The van der Waals surface area contributed by atoms with Crippen LogP contribution in [0.3, 0.4) is 0 Å². The van der Waals surface area contributed by atoms with Gasteiger partial charge in [-0.1, -0.05) is 307 Å². The smallest absolute Gasteiger partial charge is 0.462 e. The van der Waals surface area contributed by atoms with Crippen LogP contribution in [0.2, 0.25) is 0 Å². The zero-order valence-electron chi connectivity index (χ0n) is 59.9. The minimum absolute atomic E-state index is 0.0923. The Kier molecular flexibility index (Phi) is 66.4. The molecule has 0 heterocycles. The van der Waals surface area contributed by atoms with Crippen LogP contribution < -0.4 is 0 Å². The molecule has 0 spiro atoms. The highest BCUT2D eigenvalue weighted by Crippen LogP contribution is 2.45. The first-order valence-corrected chi connectivity index (χ1v) is 40.9. The van der Waals surface area contributed by atoms with Crippen molar-refractivity contribution in [2.45, 2.75) is 367 Å². The van der Waals surface area contributed by atoms with Gasteiger partial charge in [0.05, 0.1) is 26.4 Å². The molecule has 94 heavy (non-hydrogen) atoms. The van der Waals surface area contributed by atoms with Crippen molar-refractivity contribution in [1.82, 2.24) is 0 Å². The van der Waals surface area contributed by atoms with E-state index < -0.39 is 97.5 Å². The lowest BCUT2D eigenvalue weighted by Crippen LogP contribution is -2.30. The molecule has 0 fully saturated rings. The highest BCUT2D eigenvalue weighted by atomic mass is 31.2. The molecule has 19 heteroatoms. The Morgan fingerprint density at radius 1 is 0.309 bits per heavy atom. The Balaban J connectivity index is 5.30. The maximum Gasteiger partial charge on any atom is 0.472 e. The van der Waals surface area contributed by atoms with Gasteiger partial charge in [-0.25, -0.2) is 9.13 Å². The highest BCUT2D eigenvalue weighted by molar-refractivity contribution is 7.47. The van der Waals surface area contributed by atoms with E-state index in [1.54, 1.807) is 0 Å². The molecule has 5 atom stereocenters. The molecular formula is C75H138O17P2. The lowest BCUT2D eigenvalue weighted by Gasteiger charge is -2.21. The molecule has 550 valence electrons. The number of carbonyl (C=O) groups is 4. The summed E-state index contributed by atoms with van der Waals surface area (Å²) in [5.74, 6) is -2.18. The summed E-state index contributed by atoms with van der Waals surface area (Å²) in [6.07, 6.45) is 64.0. The summed E-state index contributed by atoms with van der Waals surface area (Å²) in [6, 6.07) is 0. The molecule has 5 unspecified atom stereocenters. The third kappa shape index (κ3) is 67.6. The van der Waals surface area contributed by atoms with Gasteiger partial charge in [-0.3, -0.25) is 37.3 Å². The molecule has 0 aliphatic rings. The van der Waals surface area contributed by atoms with E-state index in [9.17, 15) is 43.2 Å². The second-order valence-corrected chi connectivity index (χ2v) is 28.5. The van der Waals surface area contributed by atoms with Gasteiger partial charge >= 0.3 is 39.5 Å². The summed E-state index contributed by atoms with van der Waals surface area (Å²) in [5.41, 5.74) is 0.